The first kappa shape index (κ1) is 16.4. The van der Waals surface area contributed by atoms with Crippen LogP contribution < -0.4 is 0 Å². The zero-order valence-corrected chi connectivity index (χ0v) is 8.68. The Hall–Kier alpha value is -1.63. The topological polar surface area (TPSA) is 68.3 Å². The minimum absolute atomic E-state index is 0.494. The van der Waals surface area contributed by atoms with E-state index in [0.717, 1.165) is 0 Å². The van der Waals surface area contributed by atoms with E-state index in [0.29, 0.717) is 6.26 Å². The molecule has 0 bridgehead atoms. The Morgan fingerprint density at radius 2 is 1.45 bits per heavy atom. The van der Waals surface area contributed by atoms with Crippen molar-refractivity contribution in [2.24, 2.45) is 0 Å². The fraction of sp³-hybridized carbons (Fsp3) is 0.571. The van der Waals surface area contributed by atoms with Gasteiger partial charge in [0.25, 0.3) is 0 Å². The number of alkyl halides is 8. The van der Waals surface area contributed by atoms with Gasteiger partial charge in [-0.25, -0.2) is 9.53 Å². The first-order valence-corrected chi connectivity index (χ1v) is 4.23. The number of hydrogen-bond donors (Lipinski definition) is 1. The summed E-state index contributed by atoms with van der Waals surface area (Å²) in [4.78, 5) is 10.6. The van der Waals surface area contributed by atoms with Crippen molar-refractivity contribution in [1.82, 2.24) is 0 Å². The van der Waals surface area contributed by atoms with Crippen molar-refractivity contribution >= 4 is 5.97 Å². The maximum absolute atomic E-state index is 12.7. The number of hydrogen-bond acceptors (Lipinski definition) is 5. The predicted molar refractivity (Wildman–Crippen MR) is 38.4 cm³/mol. The number of carbonyl (C=O) groups excluding carboxylic acids is 1. The van der Waals surface area contributed by atoms with Crippen LogP contribution in [0, 0.1) is 0 Å². The van der Waals surface area contributed by atoms with Crippen molar-refractivity contribution in [1.29, 1.82) is 0 Å². The fourth-order valence-electron chi connectivity index (χ4n) is 0.634. The Bertz CT molecular complexity index is 439. The van der Waals surface area contributed by atoms with Gasteiger partial charge in [-0.3, -0.25) is 0 Å². The van der Waals surface area contributed by atoms with Crippen LogP contribution in [-0.4, -0.2) is 35.5 Å². The molecule has 0 saturated carbocycles. The second kappa shape index (κ2) is 4.44. The van der Waals surface area contributed by atoms with E-state index in [9.17, 15) is 39.9 Å². The van der Waals surface area contributed by atoms with Gasteiger partial charge in [0.2, 0.25) is 5.76 Å². The largest absolute Gasteiger partial charge is 0.496 e. The average Bonchev–Trinajstić information content (AvgIpc) is 2.94. The molecule has 1 rings (SSSR count). The molecule has 0 aromatic carbocycles. The molecule has 20 heavy (non-hydrogen) atoms. The molecule has 116 valence electrons. The van der Waals surface area contributed by atoms with Gasteiger partial charge in [0, 0.05) is 0 Å². The molecule has 0 amide bonds. The van der Waals surface area contributed by atoms with Crippen LogP contribution in [0.2, 0.25) is 0 Å². The molecule has 0 radical (unpaired) electrons. The van der Waals surface area contributed by atoms with E-state index >= 15 is 0 Å². The van der Waals surface area contributed by atoms with Crippen molar-refractivity contribution in [3.05, 3.63) is 12.0 Å². The smallest absolute Gasteiger partial charge is 0.450 e. The van der Waals surface area contributed by atoms with Gasteiger partial charge in [-0.2, -0.15) is 35.1 Å². The van der Waals surface area contributed by atoms with E-state index in [1.54, 1.807) is 0 Å². The summed E-state index contributed by atoms with van der Waals surface area (Å²) < 4.78 is 107. The zero-order valence-electron chi connectivity index (χ0n) is 8.68. The lowest BCUT2D eigenvalue weighted by molar-refractivity contribution is -0.519. The highest BCUT2D eigenvalue weighted by Gasteiger charge is 2.71. The van der Waals surface area contributed by atoms with Crippen molar-refractivity contribution in [2.45, 2.75) is 24.4 Å². The number of rotatable bonds is 6. The monoisotopic (exact) mass is 318 g/mol. The minimum Gasteiger partial charge on any atom is -0.450 e. The summed E-state index contributed by atoms with van der Waals surface area (Å²) in [6, 6.07) is 0. The molecule has 0 aromatic heterocycles. The normalized spacial score (nSPS) is 16.4. The third-order valence-electron chi connectivity index (χ3n) is 1.60. The second-order valence-corrected chi connectivity index (χ2v) is 3.18. The molecule has 0 spiro atoms. The Labute approximate surface area is 103 Å². The summed E-state index contributed by atoms with van der Waals surface area (Å²) in [6.07, 6.45) is -24.5. The van der Waals surface area contributed by atoms with E-state index in [-0.39, 0.29) is 0 Å². The summed E-state index contributed by atoms with van der Waals surface area (Å²) in [5.41, 5.74) is 0. The standard InChI is InChI=1S/C7H2F8O5/c8-4(9,17)5(10,11)20-7(14,15)6(12,13)19-3(16)2-1-18-2/h1,17H. The molecule has 1 aliphatic heterocycles. The maximum Gasteiger partial charge on any atom is 0.496 e. The van der Waals surface area contributed by atoms with Crippen molar-refractivity contribution in [2.75, 3.05) is 0 Å². The van der Waals surface area contributed by atoms with Crippen LogP contribution in [0.4, 0.5) is 35.1 Å². The highest BCUT2D eigenvalue weighted by Crippen LogP contribution is 2.44. The Morgan fingerprint density at radius 1 is 1.00 bits per heavy atom. The molecule has 5 nitrogen and oxygen atoms in total. The first-order valence-electron chi connectivity index (χ1n) is 4.23. The number of ether oxygens (including phenoxy) is 3. The van der Waals surface area contributed by atoms with Crippen LogP contribution >= 0.6 is 0 Å². The first-order chi connectivity index (χ1) is 8.70. The molecule has 13 heteroatoms. The van der Waals surface area contributed by atoms with Gasteiger partial charge in [0.15, 0.2) is 0 Å². The van der Waals surface area contributed by atoms with Gasteiger partial charge in [0.1, 0.15) is 6.26 Å². The summed E-state index contributed by atoms with van der Waals surface area (Å²) in [5.74, 6) is -3.10. The van der Waals surface area contributed by atoms with E-state index < -0.39 is 36.2 Å². The van der Waals surface area contributed by atoms with Crippen LogP contribution in [0.15, 0.2) is 12.0 Å². The maximum atomic E-state index is 12.7. The number of esters is 1. The summed E-state index contributed by atoms with van der Waals surface area (Å²) in [7, 11) is 0. The van der Waals surface area contributed by atoms with Crippen molar-refractivity contribution in [3.8, 4) is 0 Å². The molecular weight excluding hydrogens is 316 g/mol. The lowest BCUT2D eigenvalue weighted by Gasteiger charge is -2.29. The molecule has 0 aromatic rings. The Morgan fingerprint density at radius 3 is 1.80 bits per heavy atom. The Balaban J connectivity index is 2.85. The number of aliphatic hydroxyl groups is 1. The lowest BCUT2D eigenvalue weighted by atomic mass is 10.5. The summed E-state index contributed by atoms with van der Waals surface area (Å²) in [5, 5.41) is 7.53. The minimum atomic E-state index is -6.37. The van der Waals surface area contributed by atoms with Crippen molar-refractivity contribution < 1.29 is 59.2 Å². The predicted octanol–water partition coefficient (Wildman–Crippen LogP) is 1.78. The average molecular weight is 318 g/mol. The molecule has 1 heterocycles. The molecule has 0 fully saturated rings. The van der Waals surface area contributed by atoms with Crippen molar-refractivity contribution in [3.63, 3.8) is 0 Å². The van der Waals surface area contributed by atoms with Crippen LogP contribution in [0.25, 0.3) is 0 Å². The molecule has 0 aliphatic carbocycles. The summed E-state index contributed by atoms with van der Waals surface area (Å²) >= 11 is 0. The van der Waals surface area contributed by atoms with Crippen LogP contribution in [0.1, 0.15) is 0 Å². The number of carbonyl (C=O) groups is 1. The molecular formula is C7H2F8O5. The Kier molecular flexibility index (Phi) is 3.65. The van der Waals surface area contributed by atoms with Crippen LogP contribution in [-0.2, 0) is 19.0 Å². The summed E-state index contributed by atoms with van der Waals surface area (Å²) in [6.45, 7) is 0. The molecule has 1 N–H and O–H groups in total. The van der Waals surface area contributed by atoms with E-state index in [1.165, 1.54) is 0 Å². The van der Waals surface area contributed by atoms with Crippen LogP contribution in [0.5, 0.6) is 0 Å². The molecule has 1 aliphatic rings. The lowest BCUT2D eigenvalue weighted by Crippen LogP contribution is -2.54. The zero-order chi connectivity index (χ0) is 16.0. The van der Waals surface area contributed by atoms with E-state index in [2.05, 4.69) is 9.47 Å². The SMILES string of the molecule is O=C(OC(F)(F)C(F)(F)OC(F)(F)C(O)(F)F)C1=CO1. The van der Waals surface area contributed by atoms with E-state index in [1.807, 2.05) is 4.74 Å². The third kappa shape index (κ3) is 3.27. The molecule has 0 saturated heterocycles. The van der Waals surface area contributed by atoms with Gasteiger partial charge in [-0.05, 0) is 0 Å². The van der Waals surface area contributed by atoms with Gasteiger partial charge in [-0.15, -0.1) is 0 Å². The highest BCUT2D eigenvalue weighted by atomic mass is 19.3. The second-order valence-electron chi connectivity index (χ2n) is 3.18. The highest BCUT2D eigenvalue weighted by molar-refractivity contribution is 5.89. The number of halogens is 8. The fourth-order valence-corrected chi connectivity index (χ4v) is 0.634. The third-order valence-corrected chi connectivity index (χ3v) is 1.60. The van der Waals surface area contributed by atoms with Gasteiger partial charge < -0.3 is 14.6 Å². The quantitative estimate of drug-likeness (QED) is 0.597. The van der Waals surface area contributed by atoms with Gasteiger partial charge in [-0.1, -0.05) is 0 Å². The van der Waals surface area contributed by atoms with Gasteiger partial charge >= 0.3 is 30.4 Å². The van der Waals surface area contributed by atoms with E-state index in [4.69, 9.17) is 5.11 Å². The molecule has 0 atom stereocenters. The molecule has 0 unspecified atom stereocenters. The van der Waals surface area contributed by atoms with Gasteiger partial charge in [0.05, 0.1) is 0 Å². The van der Waals surface area contributed by atoms with Crippen LogP contribution in [0.3, 0.4) is 0 Å².